The van der Waals surface area contributed by atoms with Crippen molar-refractivity contribution in [1.82, 2.24) is 4.90 Å². The molecule has 1 amide bonds. The quantitative estimate of drug-likeness (QED) is 0.283. The number of hydrogen-bond donors (Lipinski definition) is 0. The zero-order chi connectivity index (χ0) is 19.7. The van der Waals surface area contributed by atoms with Crippen molar-refractivity contribution in [1.29, 1.82) is 0 Å². The number of esters is 2. The lowest BCUT2D eigenvalue weighted by atomic mass is 10.1. The van der Waals surface area contributed by atoms with Crippen molar-refractivity contribution in [3.63, 3.8) is 0 Å². The number of piperidine rings is 1. The Morgan fingerprint density at radius 3 is 2.35 bits per heavy atom. The lowest BCUT2D eigenvalue weighted by molar-refractivity contribution is -0.152. The Morgan fingerprint density at radius 1 is 1.19 bits per heavy atom. The van der Waals surface area contributed by atoms with Gasteiger partial charge in [0, 0.05) is 37.9 Å². The molecular weight excluding hydrogens is 338 g/mol. The fourth-order valence-corrected chi connectivity index (χ4v) is 2.28. The maximum Gasteiger partial charge on any atom is 0.410 e. The summed E-state index contributed by atoms with van der Waals surface area (Å²) in [6.07, 6.45) is 2.03. The molecule has 0 bridgehead atoms. The van der Waals surface area contributed by atoms with Gasteiger partial charge in [0.15, 0.2) is 0 Å². The first-order chi connectivity index (χ1) is 12.1. The monoisotopic (exact) mass is 369 g/mol. The van der Waals surface area contributed by atoms with Crippen LogP contribution < -0.4 is 0 Å². The van der Waals surface area contributed by atoms with E-state index in [2.05, 4.69) is 6.58 Å². The predicted octanol–water partition coefficient (Wildman–Crippen LogP) is 3.22. The summed E-state index contributed by atoms with van der Waals surface area (Å²) in [6.45, 7) is 12.0. The van der Waals surface area contributed by atoms with Gasteiger partial charge in [-0.1, -0.05) is 13.5 Å². The van der Waals surface area contributed by atoms with Crippen LogP contribution in [0.4, 0.5) is 4.79 Å². The van der Waals surface area contributed by atoms with Gasteiger partial charge in [-0.2, -0.15) is 0 Å². The summed E-state index contributed by atoms with van der Waals surface area (Å²) in [5, 5.41) is 0. The fourth-order valence-electron chi connectivity index (χ4n) is 2.28. The van der Waals surface area contributed by atoms with Crippen LogP contribution in [0.3, 0.4) is 0 Å². The fraction of sp³-hybridized carbons (Fsp3) is 0.737. The minimum absolute atomic E-state index is 0.165. The van der Waals surface area contributed by atoms with Crippen LogP contribution in [0.25, 0.3) is 0 Å². The van der Waals surface area contributed by atoms with Crippen molar-refractivity contribution in [3.05, 3.63) is 12.2 Å². The van der Waals surface area contributed by atoms with Gasteiger partial charge in [-0.3, -0.25) is 4.79 Å². The summed E-state index contributed by atoms with van der Waals surface area (Å²) in [6, 6.07) is 0. The first kappa shape index (κ1) is 22.0. The van der Waals surface area contributed by atoms with Crippen molar-refractivity contribution < 1.29 is 28.6 Å². The van der Waals surface area contributed by atoms with Crippen molar-refractivity contribution >= 4 is 18.0 Å². The zero-order valence-electron chi connectivity index (χ0n) is 16.3. The van der Waals surface area contributed by atoms with Crippen LogP contribution in [0.5, 0.6) is 0 Å². The van der Waals surface area contributed by atoms with Gasteiger partial charge in [0.2, 0.25) is 0 Å². The Labute approximate surface area is 155 Å². The van der Waals surface area contributed by atoms with E-state index in [1.165, 1.54) is 0 Å². The third kappa shape index (κ3) is 7.89. The number of likely N-dealkylation sites (tertiary alicyclic amines) is 1. The molecule has 0 aromatic heterocycles. The van der Waals surface area contributed by atoms with Crippen LogP contribution in [0.1, 0.15) is 59.8 Å². The van der Waals surface area contributed by atoms with Crippen molar-refractivity contribution in [2.75, 3.05) is 19.7 Å². The molecule has 0 N–H and O–H groups in total. The second-order valence-electron chi connectivity index (χ2n) is 7.18. The second kappa shape index (κ2) is 10.2. The molecule has 0 radical (unpaired) electrons. The molecule has 1 aliphatic rings. The van der Waals surface area contributed by atoms with Crippen LogP contribution in [-0.4, -0.2) is 54.3 Å². The average molecular weight is 369 g/mol. The van der Waals surface area contributed by atoms with E-state index < -0.39 is 11.6 Å². The Kier molecular flexibility index (Phi) is 8.61. The molecule has 1 fully saturated rings. The van der Waals surface area contributed by atoms with Gasteiger partial charge in [0.25, 0.3) is 0 Å². The van der Waals surface area contributed by atoms with Crippen molar-refractivity contribution in [3.8, 4) is 0 Å². The van der Waals surface area contributed by atoms with E-state index in [1.54, 1.807) is 11.8 Å². The molecular formula is C19H31NO6. The highest BCUT2D eigenvalue weighted by molar-refractivity contribution is 5.86. The van der Waals surface area contributed by atoms with E-state index in [0.29, 0.717) is 37.9 Å². The minimum Gasteiger partial charge on any atom is -0.462 e. The minimum atomic E-state index is -0.478. The second-order valence-corrected chi connectivity index (χ2v) is 7.18. The standard InChI is InChI=1S/C19H31NO6/c1-6-19(4,5)26-18(23)20-11-9-15(10-12-20)25-16(21)8-7-13-24-17(22)14(2)3/h15H,2,6-13H2,1,3-5H3. The van der Waals surface area contributed by atoms with Crippen molar-refractivity contribution in [2.45, 2.75) is 71.5 Å². The number of hydrogen-bond acceptors (Lipinski definition) is 6. The van der Waals surface area contributed by atoms with Gasteiger partial charge in [-0.15, -0.1) is 0 Å². The lowest BCUT2D eigenvalue weighted by Crippen LogP contribution is -2.44. The molecule has 0 unspecified atom stereocenters. The Balaban J connectivity index is 2.23. The highest BCUT2D eigenvalue weighted by atomic mass is 16.6. The van der Waals surface area contributed by atoms with Gasteiger partial charge in [0.1, 0.15) is 11.7 Å². The molecule has 0 atom stereocenters. The Hall–Kier alpha value is -2.05. The number of carbonyl (C=O) groups excluding carboxylic acids is 3. The molecule has 1 heterocycles. The van der Waals surface area contributed by atoms with Gasteiger partial charge in [-0.25, -0.2) is 9.59 Å². The van der Waals surface area contributed by atoms with Crippen LogP contribution in [0.2, 0.25) is 0 Å². The predicted molar refractivity (Wildman–Crippen MR) is 96.5 cm³/mol. The molecule has 0 saturated carbocycles. The van der Waals surface area contributed by atoms with E-state index in [4.69, 9.17) is 14.2 Å². The van der Waals surface area contributed by atoms with Gasteiger partial charge in [-0.05, 0) is 33.6 Å². The topological polar surface area (TPSA) is 82.1 Å². The summed E-state index contributed by atoms with van der Waals surface area (Å²) in [4.78, 5) is 36.8. The highest BCUT2D eigenvalue weighted by Gasteiger charge is 2.29. The van der Waals surface area contributed by atoms with E-state index in [-0.39, 0.29) is 31.2 Å². The summed E-state index contributed by atoms with van der Waals surface area (Å²) < 4.78 is 15.8. The third-order valence-electron chi connectivity index (χ3n) is 4.32. The summed E-state index contributed by atoms with van der Waals surface area (Å²) in [5.74, 6) is -0.770. The number of carbonyl (C=O) groups is 3. The Morgan fingerprint density at radius 2 is 1.81 bits per heavy atom. The number of rotatable bonds is 8. The van der Waals surface area contributed by atoms with Crippen molar-refractivity contribution in [2.24, 2.45) is 0 Å². The molecule has 148 valence electrons. The number of nitrogens with zero attached hydrogens (tertiary/aromatic N) is 1. The maximum atomic E-state index is 12.1. The maximum absolute atomic E-state index is 12.1. The summed E-state index contributed by atoms with van der Waals surface area (Å²) in [5.41, 5.74) is -0.145. The lowest BCUT2D eigenvalue weighted by Gasteiger charge is -2.33. The molecule has 0 aliphatic carbocycles. The molecule has 26 heavy (non-hydrogen) atoms. The van der Waals surface area contributed by atoms with E-state index in [9.17, 15) is 14.4 Å². The Bertz CT molecular complexity index is 520. The smallest absolute Gasteiger partial charge is 0.410 e. The molecule has 7 nitrogen and oxygen atoms in total. The highest BCUT2D eigenvalue weighted by Crippen LogP contribution is 2.19. The molecule has 0 spiro atoms. The van der Waals surface area contributed by atoms with Crippen LogP contribution in [0.15, 0.2) is 12.2 Å². The van der Waals surface area contributed by atoms with Crippen LogP contribution >= 0.6 is 0 Å². The first-order valence-corrected chi connectivity index (χ1v) is 9.14. The summed E-state index contributed by atoms with van der Waals surface area (Å²) >= 11 is 0. The largest absolute Gasteiger partial charge is 0.462 e. The normalized spacial score (nSPS) is 15.3. The molecule has 7 heteroatoms. The average Bonchev–Trinajstić information content (AvgIpc) is 2.58. The SMILES string of the molecule is C=C(C)C(=O)OCCCC(=O)OC1CCN(C(=O)OC(C)(C)CC)CC1. The molecule has 1 aliphatic heterocycles. The van der Waals surface area contributed by atoms with E-state index in [0.717, 1.165) is 6.42 Å². The zero-order valence-corrected chi connectivity index (χ0v) is 16.3. The number of amides is 1. The van der Waals surface area contributed by atoms with Gasteiger partial charge >= 0.3 is 18.0 Å². The first-order valence-electron chi connectivity index (χ1n) is 9.14. The van der Waals surface area contributed by atoms with Gasteiger partial charge in [0.05, 0.1) is 6.61 Å². The van der Waals surface area contributed by atoms with Crippen LogP contribution in [0, 0.1) is 0 Å². The molecule has 1 rings (SSSR count). The third-order valence-corrected chi connectivity index (χ3v) is 4.32. The number of ether oxygens (including phenoxy) is 3. The molecule has 0 aromatic rings. The van der Waals surface area contributed by atoms with E-state index >= 15 is 0 Å². The molecule has 1 saturated heterocycles. The van der Waals surface area contributed by atoms with Crippen LogP contribution in [-0.2, 0) is 23.8 Å². The van der Waals surface area contributed by atoms with Gasteiger partial charge < -0.3 is 19.1 Å². The van der Waals surface area contributed by atoms with E-state index in [1.807, 2.05) is 20.8 Å². The molecule has 0 aromatic carbocycles. The summed E-state index contributed by atoms with van der Waals surface area (Å²) in [7, 11) is 0.